The fraction of sp³-hybridized carbons (Fsp3) is 0.818. The van der Waals surface area contributed by atoms with Crippen molar-refractivity contribution >= 4 is 0 Å². The van der Waals surface area contributed by atoms with Gasteiger partial charge in [-0.25, -0.2) is 0 Å². The van der Waals surface area contributed by atoms with E-state index in [2.05, 4.69) is 28.9 Å². The van der Waals surface area contributed by atoms with E-state index >= 15 is 0 Å². The number of hydrogen-bond acceptors (Lipinski definition) is 4. The van der Waals surface area contributed by atoms with Crippen molar-refractivity contribution in [2.75, 3.05) is 19.6 Å². The molecule has 0 aromatic heterocycles. The predicted molar refractivity (Wildman–Crippen MR) is 57.9 cm³/mol. The molecule has 0 aliphatic carbocycles. The van der Waals surface area contributed by atoms with Crippen LogP contribution in [-0.2, 0) is 0 Å². The monoisotopic (exact) mass is 206 g/mol. The van der Waals surface area contributed by atoms with Crippen LogP contribution in [0, 0.1) is 22.7 Å². The summed E-state index contributed by atoms with van der Waals surface area (Å²) in [5.41, 5.74) is 0. The average molecular weight is 206 g/mol. The molecule has 1 rings (SSSR count). The fourth-order valence-electron chi connectivity index (χ4n) is 2.08. The lowest BCUT2D eigenvalue weighted by atomic mass is 10.1. The first-order chi connectivity index (χ1) is 7.10. The van der Waals surface area contributed by atoms with Gasteiger partial charge in [-0.1, -0.05) is 0 Å². The van der Waals surface area contributed by atoms with Crippen LogP contribution >= 0.6 is 0 Å². The molecule has 0 bridgehead atoms. The van der Waals surface area contributed by atoms with Gasteiger partial charge in [0.2, 0.25) is 0 Å². The molecule has 0 N–H and O–H groups in total. The molecule has 4 nitrogen and oxygen atoms in total. The van der Waals surface area contributed by atoms with Gasteiger partial charge in [0.1, 0.15) is 0 Å². The lowest BCUT2D eigenvalue weighted by Gasteiger charge is -2.41. The van der Waals surface area contributed by atoms with Gasteiger partial charge < -0.3 is 0 Å². The van der Waals surface area contributed by atoms with Gasteiger partial charge in [-0.05, 0) is 20.8 Å². The number of rotatable bonds is 2. The van der Waals surface area contributed by atoms with E-state index in [0.717, 1.165) is 19.6 Å². The number of hydrogen-bond donors (Lipinski definition) is 0. The summed E-state index contributed by atoms with van der Waals surface area (Å²) in [4.78, 5) is 4.37. The Morgan fingerprint density at radius 1 is 1.13 bits per heavy atom. The molecule has 0 radical (unpaired) electrons. The van der Waals surface area contributed by atoms with Gasteiger partial charge in [-0.15, -0.1) is 0 Å². The highest BCUT2D eigenvalue weighted by Gasteiger charge is 2.28. The molecule has 82 valence electrons. The zero-order chi connectivity index (χ0) is 11.4. The number of nitrogens with zero attached hydrogens (tertiary/aromatic N) is 4. The highest BCUT2D eigenvalue weighted by atomic mass is 15.3. The summed E-state index contributed by atoms with van der Waals surface area (Å²) in [6.07, 6.45) is 0. The second-order valence-corrected chi connectivity index (χ2v) is 4.19. The third-order valence-corrected chi connectivity index (χ3v) is 3.13. The lowest BCUT2D eigenvalue weighted by molar-refractivity contribution is 0.0609. The summed E-state index contributed by atoms with van der Waals surface area (Å²) in [5.74, 6) is 0. The Hall–Kier alpha value is -1.10. The van der Waals surface area contributed by atoms with E-state index in [4.69, 9.17) is 10.5 Å². The van der Waals surface area contributed by atoms with Crippen LogP contribution in [0.15, 0.2) is 0 Å². The predicted octanol–water partition coefficient (Wildman–Crippen LogP) is 0.817. The van der Waals surface area contributed by atoms with Crippen LogP contribution < -0.4 is 0 Å². The topological polar surface area (TPSA) is 54.1 Å². The molecular formula is C11H18N4. The Kier molecular flexibility index (Phi) is 4.08. The third-order valence-electron chi connectivity index (χ3n) is 3.13. The van der Waals surface area contributed by atoms with E-state index in [0.29, 0.717) is 6.04 Å². The first-order valence-corrected chi connectivity index (χ1v) is 5.39. The van der Waals surface area contributed by atoms with Crippen LogP contribution in [-0.4, -0.2) is 47.6 Å². The van der Waals surface area contributed by atoms with Crippen LogP contribution in [0.3, 0.4) is 0 Å². The van der Waals surface area contributed by atoms with Gasteiger partial charge in [0.05, 0.1) is 24.2 Å². The van der Waals surface area contributed by atoms with Crippen LogP contribution in [0.5, 0.6) is 0 Å². The fourth-order valence-corrected chi connectivity index (χ4v) is 2.08. The van der Waals surface area contributed by atoms with Crippen LogP contribution in [0.4, 0.5) is 0 Å². The molecule has 1 saturated heterocycles. The van der Waals surface area contributed by atoms with E-state index in [1.54, 1.807) is 0 Å². The highest BCUT2D eigenvalue weighted by molar-refractivity contribution is 4.97. The zero-order valence-corrected chi connectivity index (χ0v) is 9.64. The molecule has 0 aromatic carbocycles. The maximum atomic E-state index is 8.87. The largest absolute Gasteiger partial charge is 0.285 e. The van der Waals surface area contributed by atoms with E-state index in [-0.39, 0.29) is 12.1 Å². The first kappa shape index (κ1) is 12.0. The van der Waals surface area contributed by atoms with Crippen molar-refractivity contribution in [2.45, 2.75) is 38.9 Å². The van der Waals surface area contributed by atoms with E-state index in [1.165, 1.54) is 0 Å². The smallest absolute Gasteiger partial charge is 0.0952 e. The second-order valence-electron chi connectivity index (χ2n) is 4.19. The minimum Gasteiger partial charge on any atom is -0.285 e. The SMILES string of the molecule is CC(C#N)N1CCN(C(C)C#N)C(C)C1. The molecule has 0 saturated carbocycles. The molecule has 1 fully saturated rings. The molecule has 1 aliphatic heterocycles. The van der Waals surface area contributed by atoms with Gasteiger partial charge >= 0.3 is 0 Å². The van der Waals surface area contributed by atoms with Crippen molar-refractivity contribution in [3.8, 4) is 12.1 Å². The lowest BCUT2D eigenvalue weighted by Crippen LogP contribution is -2.56. The van der Waals surface area contributed by atoms with Gasteiger partial charge in [0.15, 0.2) is 0 Å². The number of piperazine rings is 1. The molecule has 0 amide bonds. The van der Waals surface area contributed by atoms with Gasteiger partial charge in [0.25, 0.3) is 0 Å². The van der Waals surface area contributed by atoms with Crippen LogP contribution in [0.25, 0.3) is 0 Å². The maximum absolute atomic E-state index is 8.87. The Labute approximate surface area is 91.7 Å². The van der Waals surface area contributed by atoms with E-state index in [9.17, 15) is 0 Å². The zero-order valence-electron chi connectivity index (χ0n) is 9.64. The van der Waals surface area contributed by atoms with Crippen molar-refractivity contribution in [1.82, 2.24) is 9.80 Å². The molecule has 3 unspecified atom stereocenters. The standard InChI is InChI=1S/C11H18N4/c1-9(6-12)14-4-5-15(10(2)7-13)11(3)8-14/h9-11H,4-5,8H2,1-3H3. The summed E-state index contributed by atoms with van der Waals surface area (Å²) in [6.45, 7) is 8.60. The van der Waals surface area contributed by atoms with Crippen molar-refractivity contribution in [3.05, 3.63) is 0 Å². The summed E-state index contributed by atoms with van der Waals surface area (Å²) in [7, 11) is 0. The van der Waals surface area contributed by atoms with Crippen molar-refractivity contribution in [3.63, 3.8) is 0 Å². The molecule has 1 aliphatic rings. The molecule has 4 heteroatoms. The van der Waals surface area contributed by atoms with Gasteiger partial charge in [0, 0.05) is 25.7 Å². The Bertz CT molecular complexity index is 288. The minimum atomic E-state index is -0.0282. The Balaban J connectivity index is 2.56. The molecular weight excluding hydrogens is 188 g/mol. The Morgan fingerprint density at radius 2 is 1.73 bits per heavy atom. The molecule has 0 spiro atoms. The summed E-state index contributed by atoms with van der Waals surface area (Å²) in [5, 5.41) is 17.7. The quantitative estimate of drug-likeness (QED) is 0.671. The first-order valence-electron chi connectivity index (χ1n) is 5.39. The normalized spacial score (nSPS) is 27.7. The number of nitriles is 2. The highest BCUT2D eigenvalue weighted by Crippen LogP contribution is 2.14. The second kappa shape index (κ2) is 5.11. The summed E-state index contributed by atoms with van der Waals surface area (Å²) < 4.78 is 0. The van der Waals surface area contributed by atoms with Crippen LogP contribution in [0.2, 0.25) is 0 Å². The van der Waals surface area contributed by atoms with E-state index < -0.39 is 0 Å². The van der Waals surface area contributed by atoms with Crippen molar-refractivity contribution in [1.29, 1.82) is 10.5 Å². The maximum Gasteiger partial charge on any atom is 0.0952 e. The molecule has 15 heavy (non-hydrogen) atoms. The van der Waals surface area contributed by atoms with Crippen molar-refractivity contribution < 1.29 is 0 Å². The molecule has 0 aromatic rings. The van der Waals surface area contributed by atoms with Crippen LogP contribution in [0.1, 0.15) is 20.8 Å². The minimum absolute atomic E-state index is 0.0213. The molecule has 1 heterocycles. The van der Waals surface area contributed by atoms with E-state index in [1.807, 2.05) is 13.8 Å². The van der Waals surface area contributed by atoms with Gasteiger partial charge in [-0.2, -0.15) is 10.5 Å². The average Bonchev–Trinajstić information content (AvgIpc) is 2.26. The van der Waals surface area contributed by atoms with Crippen molar-refractivity contribution in [2.24, 2.45) is 0 Å². The molecule has 3 atom stereocenters. The summed E-state index contributed by atoms with van der Waals surface area (Å²) in [6, 6.07) is 4.82. The third kappa shape index (κ3) is 2.68. The Morgan fingerprint density at radius 3 is 2.20 bits per heavy atom. The summed E-state index contributed by atoms with van der Waals surface area (Å²) >= 11 is 0. The van der Waals surface area contributed by atoms with Gasteiger partial charge in [-0.3, -0.25) is 9.80 Å².